The molecule has 0 spiro atoms. The van der Waals surface area contributed by atoms with E-state index in [1.807, 2.05) is 0 Å². The van der Waals surface area contributed by atoms with E-state index in [0.717, 1.165) is 0 Å². The summed E-state index contributed by atoms with van der Waals surface area (Å²) in [5, 5.41) is 0. The summed E-state index contributed by atoms with van der Waals surface area (Å²) in [7, 11) is -0.472. The van der Waals surface area contributed by atoms with Crippen LogP contribution in [0.25, 0.3) is 0 Å². The van der Waals surface area contributed by atoms with Crippen LogP contribution >= 0.6 is 23.3 Å². The van der Waals surface area contributed by atoms with Gasteiger partial charge < -0.3 is 0 Å². The molecule has 0 heterocycles. The maximum Gasteiger partial charge on any atom is -0.0136 e. The second-order valence-electron chi connectivity index (χ2n) is 6.94. The minimum Gasteiger partial charge on any atom is -0.183 e. The summed E-state index contributed by atoms with van der Waals surface area (Å²) in [5.41, 5.74) is 0. The quantitative estimate of drug-likeness (QED) is 0.216. The van der Waals surface area contributed by atoms with Crippen LogP contribution in [0.4, 0.5) is 0 Å². The highest BCUT2D eigenvalue weighted by Crippen LogP contribution is 2.57. The summed E-state index contributed by atoms with van der Waals surface area (Å²) < 4.78 is 0. The van der Waals surface area contributed by atoms with Gasteiger partial charge in [-0.15, -0.1) is 0 Å². The van der Waals surface area contributed by atoms with Crippen LogP contribution in [0.3, 0.4) is 0 Å². The molecule has 0 fully saturated rings. The number of hydrogen-bond acceptors (Lipinski definition) is 0. The van der Waals surface area contributed by atoms with Crippen molar-refractivity contribution >= 4 is 23.3 Å². The molecule has 0 aliphatic heterocycles. The number of unbranched alkanes of at least 4 members (excludes halogenated alkanes) is 11. The van der Waals surface area contributed by atoms with E-state index in [1.165, 1.54) is 107 Å². The third kappa shape index (κ3) is 14.4. The summed E-state index contributed by atoms with van der Waals surface area (Å²) in [5.74, 6) is 4.43. The van der Waals surface area contributed by atoms with E-state index in [-0.39, 0.29) is 0 Å². The molecule has 0 amide bonds. The first kappa shape index (κ1) is 22.8. The van der Waals surface area contributed by atoms with Gasteiger partial charge in [0.15, 0.2) is 0 Å². The van der Waals surface area contributed by atoms with Crippen molar-refractivity contribution in [3.05, 3.63) is 0 Å². The standard InChI is InChI=1S/C20H43BrS/c1-4-7-10-11-12-13-14-17-20-22(21,18-15-8-5-2)19-16-9-6-3/h4-20H2,1-3H3. The molecule has 0 nitrogen and oxygen atoms in total. The summed E-state index contributed by atoms with van der Waals surface area (Å²) in [6.45, 7) is 6.94. The second-order valence-corrected chi connectivity index (χ2v) is 14.2. The van der Waals surface area contributed by atoms with Gasteiger partial charge in [-0.2, -0.15) is 8.46 Å². The monoisotopic (exact) mass is 394 g/mol. The molecular formula is C20H43BrS. The van der Waals surface area contributed by atoms with E-state index >= 15 is 0 Å². The first-order valence-electron chi connectivity index (χ1n) is 10.1. The Kier molecular flexibility index (Phi) is 17.3. The summed E-state index contributed by atoms with van der Waals surface area (Å²) in [6, 6.07) is 0. The van der Waals surface area contributed by atoms with Crippen LogP contribution in [-0.2, 0) is 0 Å². The SMILES string of the molecule is CCCCCCCCCCS(Br)(CCCCC)CCCCC. The Bertz CT molecular complexity index is 208. The molecule has 0 aliphatic carbocycles. The van der Waals surface area contributed by atoms with Crippen LogP contribution in [0.15, 0.2) is 0 Å². The first-order valence-corrected chi connectivity index (χ1v) is 14.1. The van der Waals surface area contributed by atoms with E-state index in [0.29, 0.717) is 0 Å². The lowest BCUT2D eigenvalue weighted by Gasteiger charge is -2.34. The van der Waals surface area contributed by atoms with Gasteiger partial charge in [0.25, 0.3) is 0 Å². The molecule has 0 radical (unpaired) electrons. The lowest BCUT2D eigenvalue weighted by molar-refractivity contribution is 0.586. The van der Waals surface area contributed by atoms with Gasteiger partial charge in [-0.25, -0.2) is 0 Å². The van der Waals surface area contributed by atoms with E-state index in [2.05, 4.69) is 35.6 Å². The average Bonchev–Trinajstić information content (AvgIpc) is 2.51. The Morgan fingerprint density at radius 2 is 0.727 bits per heavy atom. The lowest BCUT2D eigenvalue weighted by Crippen LogP contribution is -2.08. The van der Waals surface area contributed by atoms with Crippen molar-refractivity contribution in [2.45, 2.75) is 111 Å². The van der Waals surface area contributed by atoms with Crippen molar-refractivity contribution in [2.75, 3.05) is 17.3 Å². The smallest absolute Gasteiger partial charge is 0.0136 e. The maximum absolute atomic E-state index is 4.23. The minimum absolute atomic E-state index is 0.472. The van der Waals surface area contributed by atoms with Gasteiger partial charge >= 0.3 is 0 Å². The van der Waals surface area contributed by atoms with Crippen molar-refractivity contribution in [2.24, 2.45) is 0 Å². The lowest BCUT2D eigenvalue weighted by atomic mass is 10.1. The number of halogens is 1. The van der Waals surface area contributed by atoms with Gasteiger partial charge in [0, 0.05) is 0 Å². The molecule has 136 valence electrons. The van der Waals surface area contributed by atoms with Gasteiger partial charge in [0.2, 0.25) is 0 Å². The molecular weight excluding hydrogens is 352 g/mol. The van der Waals surface area contributed by atoms with E-state index in [9.17, 15) is 0 Å². The molecule has 0 saturated carbocycles. The predicted octanol–water partition coefficient (Wildman–Crippen LogP) is 8.62. The molecule has 0 atom stereocenters. The van der Waals surface area contributed by atoms with Crippen molar-refractivity contribution in [1.82, 2.24) is 0 Å². The van der Waals surface area contributed by atoms with Gasteiger partial charge in [-0.3, -0.25) is 0 Å². The summed E-state index contributed by atoms with van der Waals surface area (Å²) >= 11 is 4.23. The molecule has 0 aromatic rings. The number of rotatable bonds is 17. The molecule has 0 saturated heterocycles. The fourth-order valence-electron chi connectivity index (χ4n) is 3.02. The van der Waals surface area contributed by atoms with Gasteiger partial charge in [-0.05, 0) is 51.3 Å². The Labute approximate surface area is 151 Å². The summed E-state index contributed by atoms with van der Waals surface area (Å²) in [4.78, 5) is 0. The molecule has 0 aromatic heterocycles. The Morgan fingerprint density at radius 1 is 0.455 bits per heavy atom. The van der Waals surface area contributed by atoms with Gasteiger partial charge in [-0.1, -0.05) is 91.4 Å². The Morgan fingerprint density at radius 3 is 1.14 bits per heavy atom. The zero-order valence-corrected chi connectivity index (χ0v) is 18.2. The topological polar surface area (TPSA) is 0 Å². The zero-order chi connectivity index (χ0) is 16.5. The summed E-state index contributed by atoms with van der Waals surface area (Å²) in [6.07, 6.45) is 20.0. The molecule has 0 N–H and O–H groups in total. The highest BCUT2D eigenvalue weighted by molar-refractivity contribution is 9.58. The Hall–Kier alpha value is 0.830. The normalized spacial score (nSPS) is 12.7. The third-order valence-corrected chi connectivity index (χ3v) is 10.6. The molecule has 0 bridgehead atoms. The molecule has 22 heavy (non-hydrogen) atoms. The van der Waals surface area contributed by atoms with Crippen LogP contribution in [0.5, 0.6) is 0 Å². The molecule has 0 aliphatic rings. The van der Waals surface area contributed by atoms with Gasteiger partial charge in [0.05, 0.1) is 0 Å². The average molecular weight is 396 g/mol. The van der Waals surface area contributed by atoms with Gasteiger partial charge in [0.1, 0.15) is 0 Å². The largest absolute Gasteiger partial charge is 0.183 e. The molecule has 0 rings (SSSR count). The fraction of sp³-hybridized carbons (Fsp3) is 1.00. The molecule has 0 aromatic carbocycles. The fourth-order valence-corrected chi connectivity index (χ4v) is 7.86. The maximum atomic E-state index is 4.23. The number of hydrogen-bond donors (Lipinski definition) is 0. The predicted molar refractivity (Wildman–Crippen MR) is 113 cm³/mol. The van der Waals surface area contributed by atoms with E-state index in [1.54, 1.807) is 0 Å². The van der Waals surface area contributed by atoms with Crippen molar-refractivity contribution in [1.29, 1.82) is 0 Å². The highest BCUT2D eigenvalue weighted by atomic mass is 79.9. The van der Waals surface area contributed by atoms with Crippen molar-refractivity contribution in [3.63, 3.8) is 0 Å². The van der Waals surface area contributed by atoms with E-state index < -0.39 is 8.46 Å². The van der Waals surface area contributed by atoms with Crippen LogP contribution in [0.1, 0.15) is 111 Å². The molecule has 0 unspecified atom stereocenters. The third-order valence-electron chi connectivity index (χ3n) is 4.59. The second kappa shape index (κ2) is 16.7. The van der Waals surface area contributed by atoms with Crippen LogP contribution < -0.4 is 0 Å². The highest BCUT2D eigenvalue weighted by Gasteiger charge is 2.19. The zero-order valence-electron chi connectivity index (χ0n) is 15.8. The first-order chi connectivity index (χ1) is 10.7. The van der Waals surface area contributed by atoms with Crippen LogP contribution in [0, 0.1) is 0 Å². The van der Waals surface area contributed by atoms with Crippen molar-refractivity contribution in [3.8, 4) is 0 Å². The van der Waals surface area contributed by atoms with E-state index in [4.69, 9.17) is 0 Å². The van der Waals surface area contributed by atoms with Crippen LogP contribution in [0.2, 0.25) is 0 Å². The Balaban J connectivity index is 3.80. The minimum atomic E-state index is -0.472. The molecule has 2 heteroatoms. The van der Waals surface area contributed by atoms with Crippen molar-refractivity contribution < 1.29 is 0 Å². The van der Waals surface area contributed by atoms with Crippen LogP contribution in [-0.4, -0.2) is 17.3 Å².